The van der Waals surface area contributed by atoms with E-state index >= 15 is 0 Å². The molecule has 3 nitrogen and oxygen atoms in total. The molecule has 13 heavy (non-hydrogen) atoms. The van der Waals surface area contributed by atoms with Gasteiger partial charge in [0.05, 0.1) is 6.61 Å². The minimum Gasteiger partial charge on any atom is -0.379 e. The highest BCUT2D eigenvalue weighted by Gasteiger charge is 1.98. The maximum atomic E-state index is 10.8. The zero-order valence-electron chi connectivity index (χ0n) is 8.93. The molecule has 0 spiro atoms. The van der Waals surface area contributed by atoms with Crippen molar-refractivity contribution in [2.75, 3.05) is 19.8 Å². The van der Waals surface area contributed by atoms with Gasteiger partial charge in [0.25, 0.3) is 0 Å². The number of carbonyl (C=O) groups excluding carboxylic acids is 1. The molecule has 0 heterocycles. The average Bonchev–Trinajstić information content (AvgIpc) is 2.16. The van der Waals surface area contributed by atoms with Gasteiger partial charge in [-0.3, -0.25) is 4.79 Å². The van der Waals surface area contributed by atoms with Crippen LogP contribution >= 0.6 is 0 Å². The molecule has 0 bridgehead atoms. The smallest absolute Gasteiger partial charge is 0.219 e. The van der Waals surface area contributed by atoms with Gasteiger partial charge >= 0.3 is 0 Å². The first-order valence-electron chi connectivity index (χ1n) is 5.05. The highest BCUT2D eigenvalue weighted by atomic mass is 16.5. The Balaban J connectivity index is 3.12. The number of hydrogen-bond acceptors (Lipinski definition) is 2. The van der Waals surface area contributed by atoms with E-state index in [1.807, 2.05) is 6.92 Å². The van der Waals surface area contributed by atoms with Crippen molar-refractivity contribution in [3.63, 3.8) is 0 Å². The largest absolute Gasteiger partial charge is 0.379 e. The molecule has 0 aliphatic rings. The van der Waals surface area contributed by atoms with E-state index in [1.165, 1.54) is 0 Å². The van der Waals surface area contributed by atoms with E-state index in [0.29, 0.717) is 25.5 Å². The molecule has 78 valence electrons. The maximum Gasteiger partial charge on any atom is 0.219 e. The van der Waals surface area contributed by atoms with E-state index in [4.69, 9.17) is 4.74 Å². The van der Waals surface area contributed by atoms with Crippen molar-refractivity contribution in [1.29, 1.82) is 0 Å². The summed E-state index contributed by atoms with van der Waals surface area (Å²) in [5, 5.41) is 2.76. The summed E-state index contributed by atoms with van der Waals surface area (Å²) in [6.07, 6.45) is 1.69. The quantitative estimate of drug-likeness (QED) is 0.614. The molecule has 0 fully saturated rings. The minimum atomic E-state index is 0.0899. The number of carbonyl (C=O) groups is 1. The van der Waals surface area contributed by atoms with Gasteiger partial charge in [-0.25, -0.2) is 0 Å². The van der Waals surface area contributed by atoms with E-state index in [-0.39, 0.29) is 5.91 Å². The maximum absolute atomic E-state index is 10.8. The highest BCUT2D eigenvalue weighted by Crippen LogP contribution is 1.99. The van der Waals surface area contributed by atoms with Crippen LogP contribution in [0, 0.1) is 5.92 Å². The SMILES string of the molecule is CCC(=O)NCCOCC(C)CC. The zero-order chi connectivity index (χ0) is 10.1. The molecule has 0 saturated heterocycles. The molecular weight excluding hydrogens is 166 g/mol. The van der Waals surface area contributed by atoms with Gasteiger partial charge in [-0.1, -0.05) is 27.2 Å². The molecule has 0 aromatic rings. The first-order valence-corrected chi connectivity index (χ1v) is 5.05. The summed E-state index contributed by atoms with van der Waals surface area (Å²) in [6.45, 7) is 8.19. The zero-order valence-corrected chi connectivity index (χ0v) is 8.93. The first-order chi connectivity index (χ1) is 6.20. The van der Waals surface area contributed by atoms with Gasteiger partial charge in [-0.15, -0.1) is 0 Å². The van der Waals surface area contributed by atoms with Crippen LogP contribution in [0.15, 0.2) is 0 Å². The molecule has 3 heteroatoms. The molecule has 0 radical (unpaired) electrons. The molecule has 0 aliphatic heterocycles. The Morgan fingerprint density at radius 1 is 1.46 bits per heavy atom. The van der Waals surface area contributed by atoms with Crippen LogP contribution < -0.4 is 5.32 Å². The third-order valence-electron chi connectivity index (χ3n) is 1.99. The van der Waals surface area contributed by atoms with E-state index in [2.05, 4.69) is 19.2 Å². The molecular formula is C10H21NO2. The van der Waals surface area contributed by atoms with Crippen LogP contribution in [0.25, 0.3) is 0 Å². The van der Waals surface area contributed by atoms with Gasteiger partial charge in [0.1, 0.15) is 0 Å². The molecule has 1 atom stereocenters. The Kier molecular flexibility index (Phi) is 7.69. The van der Waals surface area contributed by atoms with Crippen LogP contribution in [0.3, 0.4) is 0 Å². The van der Waals surface area contributed by atoms with Gasteiger partial charge in [0.15, 0.2) is 0 Å². The lowest BCUT2D eigenvalue weighted by Gasteiger charge is -2.09. The first kappa shape index (κ1) is 12.4. The molecule has 0 aromatic heterocycles. The second-order valence-corrected chi connectivity index (χ2v) is 3.29. The summed E-state index contributed by atoms with van der Waals surface area (Å²) in [7, 11) is 0. The van der Waals surface area contributed by atoms with Crippen LogP contribution in [0.5, 0.6) is 0 Å². The molecule has 0 aliphatic carbocycles. The Morgan fingerprint density at radius 3 is 2.69 bits per heavy atom. The molecule has 1 N–H and O–H groups in total. The standard InChI is InChI=1S/C10H21NO2/c1-4-9(3)8-13-7-6-11-10(12)5-2/h9H,4-8H2,1-3H3,(H,11,12). The summed E-state index contributed by atoms with van der Waals surface area (Å²) < 4.78 is 5.37. The topological polar surface area (TPSA) is 38.3 Å². The Labute approximate surface area is 80.8 Å². The van der Waals surface area contributed by atoms with Crippen LogP contribution in [0.4, 0.5) is 0 Å². The number of amides is 1. The predicted molar refractivity (Wildman–Crippen MR) is 53.6 cm³/mol. The normalized spacial score (nSPS) is 12.5. The summed E-state index contributed by atoms with van der Waals surface area (Å²) in [5.74, 6) is 0.703. The monoisotopic (exact) mass is 187 g/mol. The third-order valence-corrected chi connectivity index (χ3v) is 1.99. The lowest BCUT2D eigenvalue weighted by atomic mass is 10.1. The van der Waals surface area contributed by atoms with Crippen molar-refractivity contribution in [2.45, 2.75) is 33.6 Å². The molecule has 0 saturated carbocycles. The van der Waals surface area contributed by atoms with Gasteiger partial charge in [0, 0.05) is 19.6 Å². The van der Waals surface area contributed by atoms with Crippen molar-refractivity contribution < 1.29 is 9.53 Å². The summed E-state index contributed by atoms with van der Waals surface area (Å²) in [6, 6.07) is 0. The Hall–Kier alpha value is -0.570. The second kappa shape index (κ2) is 8.05. The van der Waals surface area contributed by atoms with Crippen LogP contribution in [0.2, 0.25) is 0 Å². The lowest BCUT2D eigenvalue weighted by molar-refractivity contribution is -0.121. The van der Waals surface area contributed by atoms with Crippen molar-refractivity contribution in [2.24, 2.45) is 5.92 Å². The molecule has 1 amide bonds. The summed E-state index contributed by atoms with van der Waals surface area (Å²) >= 11 is 0. The Bertz CT molecular complexity index is 137. The van der Waals surface area contributed by atoms with Crippen LogP contribution in [-0.2, 0) is 9.53 Å². The third kappa shape index (κ3) is 7.78. The molecule has 0 rings (SSSR count). The summed E-state index contributed by atoms with van der Waals surface area (Å²) in [4.78, 5) is 10.8. The lowest BCUT2D eigenvalue weighted by Crippen LogP contribution is -2.26. The number of nitrogens with one attached hydrogen (secondary N) is 1. The fourth-order valence-electron chi connectivity index (χ4n) is 0.790. The average molecular weight is 187 g/mol. The van der Waals surface area contributed by atoms with Crippen molar-refractivity contribution >= 4 is 5.91 Å². The van der Waals surface area contributed by atoms with Crippen LogP contribution in [-0.4, -0.2) is 25.7 Å². The predicted octanol–water partition coefficient (Wildman–Crippen LogP) is 1.58. The van der Waals surface area contributed by atoms with Crippen LogP contribution in [0.1, 0.15) is 33.6 Å². The molecule has 0 aromatic carbocycles. The highest BCUT2D eigenvalue weighted by molar-refractivity contribution is 5.75. The molecule has 1 unspecified atom stereocenters. The van der Waals surface area contributed by atoms with Gasteiger partial charge in [-0.2, -0.15) is 0 Å². The van der Waals surface area contributed by atoms with Crippen molar-refractivity contribution in [3.8, 4) is 0 Å². The van der Waals surface area contributed by atoms with E-state index in [0.717, 1.165) is 13.0 Å². The number of ether oxygens (including phenoxy) is 1. The van der Waals surface area contributed by atoms with E-state index in [1.54, 1.807) is 0 Å². The fourth-order valence-corrected chi connectivity index (χ4v) is 0.790. The number of rotatable bonds is 7. The van der Waals surface area contributed by atoms with Gasteiger partial charge < -0.3 is 10.1 Å². The summed E-state index contributed by atoms with van der Waals surface area (Å²) in [5.41, 5.74) is 0. The minimum absolute atomic E-state index is 0.0899. The second-order valence-electron chi connectivity index (χ2n) is 3.29. The fraction of sp³-hybridized carbons (Fsp3) is 0.900. The van der Waals surface area contributed by atoms with Crippen molar-refractivity contribution in [1.82, 2.24) is 5.32 Å². The number of hydrogen-bond donors (Lipinski definition) is 1. The van der Waals surface area contributed by atoms with E-state index < -0.39 is 0 Å². The van der Waals surface area contributed by atoms with E-state index in [9.17, 15) is 4.79 Å². The van der Waals surface area contributed by atoms with Gasteiger partial charge in [-0.05, 0) is 5.92 Å². The van der Waals surface area contributed by atoms with Crippen molar-refractivity contribution in [3.05, 3.63) is 0 Å². The Morgan fingerprint density at radius 2 is 2.15 bits per heavy atom. The van der Waals surface area contributed by atoms with Gasteiger partial charge in [0.2, 0.25) is 5.91 Å².